The highest BCUT2D eigenvalue weighted by atomic mass is 35.5. The van der Waals surface area contributed by atoms with E-state index in [1.165, 1.54) is 31.4 Å². The summed E-state index contributed by atoms with van der Waals surface area (Å²) in [5.41, 5.74) is 2.41. The second kappa shape index (κ2) is 10.0. The van der Waals surface area contributed by atoms with Gasteiger partial charge in [-0.15, -0.1) is 0 Å². The van der Waals surface area contributed by atoms with Crippen molar-refractivity contribution in [2.45, 2.75) is 13.5 Å². The number of halogens is 2. The van der Waals surface area contributed by atoms with Crippen molar-refractivity contribution in [3.8, 4) is 0 Å². The van der Waals surface area contributed by atoms with E-state index in [1.807, 2.05) is 24.0 Å². The van der Waals surface area contributed by atoms with Crippen LogP contribution in [0.15, 0.2) is 42.6 Å². The van der Waals surface area contributed by atoms with Crippen LogP contribution in [0.5, 0.6) is 0 Å². The van der Waals surface area contributed by atoms with E-state index in [4.69, 9.17) is 11.6 Å². The third-order valence-electron chi connectivity index (χ3n) is 5.32. The number of hydrogen-bond donors (Lipinski definition) is 4. The molecule has 176 valence electrons. The molecule has 0 saturated carbocycles. The molecular formula is C23H23ClFN7O2. The van der Waals surface area contributed by atoms with Gasteiger partial charge in [-0.2, -0.15) is 4.98 Å². The second-order valence-corrected chi connectivity index (χ2v) is 8.01. The summed E-state index contributed by atoms with van der Waals surface area (Å²) in [6.07, 6.45) is 1.37. The normalized spacial score (nSPS) is 13.5. The molecule has 0 unspecified atom stereocenters. The number of nitrogens with zero attached hydrogens (tertiary/aromatic N) is 3. The van der Waals surface area contributed by atoms with Gasteiger partial charge in [-0.1, -0.05) is 30.7 Å². The number of carbonyl (C=O) groups excluding carboxylic acids is 2. The second-order valence-electron chi connectivity index (χ2n) is 7.61. The van der Waals surface area contributed by atoms with Crippen LogP contribution >= 0.6 is 11.6 Å². The molecule has 3 aromatic rings. The van der Waals surface area contributed by atoms with Gasteiger partial charge in [-0.3, -0.25) is 14.5 Å². The lowest BCUT2D eigenvalue weighted by atomic mass is 10.1. The van der Waals surface area contributed by atoms with E-state index in [2.05, 4.69) is 31.2 Å². The molecule has 9 nitrogen and oxygen atoms in total. The first kappa shape index (κ1) is 23.4. The maximum Gasteiger partial charge on any atom is 0.253 e. The average molecular weight is 484 g/mol. The van der Waals surface area contributed by atoms with Gasteiger partial charge in [-0.25, -0.2) is 9.37 Å². The van der Waals surface area contributed by atoms with E-state index in [9.17, 15) is 14.0 Å². The fraction of sp³-hybridized carbons (Fsp3) is 0.217. The monoisotopic (exact) mass is 483 g/mol. The Kier molecular flexibility index (Phi) is 6.90. The smallest absolute Gasteiger partial charge is 0.253 e. The number of benzene rings is 2. The van der Waals surface area contributed by atoms with E-state index >= 15 is 0 Å². The number of rotatable bonds is 6. The molecule has 4 rings (SSSR count). The van der Waals surface area contributed by atoms with Gasteiger partial charge >= 0.3 is 0 Å². The molecule has 0 bridgehead atoms. The van der Waals surface area contributed by atoms with Crippen molar-refractivity contribution in [2.75, 3.05) is 36.1 Å². The summed E-state index contributed by atoms with van der Waals surface area (Å²) in [5.74, 6) is -0.855. The summed E-state index contributed by atoms with van der Waals surface area (Å²) in [5, 5.41) is 11.4. The lowest BCUT2D eigenvalue weighted by molar-refractivity contribution is -0.117. The molecule has 2 amide bonds. The summed E-state index contributed by atoms with van der Waals surface area (Å²) >= 11 is 6.23. The van der Waals surface area contributed by atoms with Crippen LogP contribution in [-0.4, -0.2) is 46.8 Å². The first-order valence-corrected chi connectivity index (χ1v) is 11.0. The fourth-order valence-corrected chi connectivity index (χ4v) is 3.70. The van der Waals surface area contributed by atoms with Gasteiger partial charge in [0.2, 0.25) is 11.9 Å². The Morgan fingerprint density at radius 2 is 2.06 bits per heavy atom. The Balaban J connectivity index is 1.60. The number of nitrogens with one attached hydrogen (secondary N) is 4. The quantitative estimate of drug-likeness (QED) is 0.421. The minimum atomic E-state index is -0.632. The molecule has 0 aliphatic carbocycles. The van der Waals surface area contributed by atoms with Gasteiger partial charge in [0.05, 0.1) is 24.0 Å². The van der Waals surface area contributed by atoms with Crippen molar-refractivity contribution in [3.63, 3.8) is 0 Å². The van der Waals surface area contributed by atoms with Crippen LogP contribution < -0.4 is 21.3 Å². The van der Waals surface area contributed by atoms with Crippen LogP contribution in [0.25, 0.3) is 0 Å². The Labute approximate surface area is 200 Å². The van der Waals surface area contributed by atoms with Gasteiger partial charge in [0.25, 0.3) is 5.91 Å². The van der Waals surface area contributed by atoms with Gasteiger partial charge in [0.15, 0.2) is 5.82 Å². The Morgan fingerprint density at radius 3 is 2.82 bits per heavy atom. The lowest BCUT2D eigenvalue weighted by Gasteiger charge is -2.16. The largest absolute Gasteiger partial charge is 0.355 e. The predicted octanol–water partition coefficient (Wildman–Crippen LogP) is 3.89. The lowest BCUT2D eigenvalue weighted by Crippen LogP contribution is -2.29. The molecule has 0 spiro atoms. The Morgan fingerprint density at radius 1 is 1.24 bits per heavy atom. The number of amides is 2. The fourth-order valence-electron chi connectivity index (χ4n) is 3.56. The zero-order chi connectivity index (χ0) is 24.2. The highest BCUT2D eigenvalue weighted by Gasteiger charge is 2.19. The van der Waals surface area contributed by atoms with Crippen molar-refractivity contribution < 1.29 is 14.0 Å². The number of carbonyl (C=O) groups is 2. The molecule has 2 aromatic carbocycles. The van der Waals surface area contributed by atoms with E-state index in [-0.39, 0.29) is 33.9 Å². The molecule has 0 saturated heterocycles. The standard InChI is InChI=1S/C23H23ClFN7O2/c1-3-32-11-13-7-8-14(9-18(13)29-19(33)12-32)28-23-27-10-16(24)21(31-23)30-20-15(22(34)26-2)5-4-6-17(20)25/h4-10H,3,11-12H2,1-2H3,(H,26,34)(H,29,33)(H2,27,28,30,31). The summed E-state index contributed by atoms with van der Waals surface area (Å²) in [7, 11) is 1.46. The first-order valence-electron chi connectivity index (χ1n) is 10.6. The minimum Gasteiger partial charge on any atom is -0.355 e. The summed E-state index contributed by atoms with van der Waals surface area (Å²) in [4.78, 5) is 34.9. The highest BCUT2D eigenvalue weighted by molar-refractivity contribution is 6.33. The molecule has 4 N–H and O–H groups in total. The van der Waals surface area contributed by atoms with Gasteiger partial charge in [-0.05, 0) is 36.4 Å². The maximum absolute atomic E-state index is 14.5. The topological polar surface area (TPSA) is 111 Å². The van der Waals surface area contributed by atoms with Crippen molar-refractivity contribution in [1.29, 1.82) is 0 Å². The first-order chi connectivity index (χ1) is 16.4. The van der Waals surface area contributed by atoms with Crippen molar-refractivity contribution in [2.24, 2.45) is 0 Å². The number of aromatic nitrogens is 2. The number of likely N-dealkylation sites (N-methyl/N-ethyl adjacent to an activating group) is 1. The van der Waals surface area contributed by atoms with Crippen LogP contribution in [0.4, 0.5) is 33.2 Å². The molecular weight excluding hydrogens is 461 g/mol. The van der Waals surface area contributed by atoms with E-state index in [0.29, 0.717) is 24.5 Å². The van der Waals surface area contributed by atoms with Crippen LogP contribution in [0.3, 0.4) is 0 Å². The third-order valence-corrected chi connectivity index (χ3v) is 5.60. The zero-order valence-electron chi connectivity index (χ0n) is 18.6. The van der Waals surface area contributed by atoms with E-state index in [1.54, 1.807) is 6.07 Å². The molecule has 11 heteroatoms. The SMILES string of the molecule is CCN1CC(=O)Nc2cc(Nc3ncc(Cl)c(Nc4c(F)cccc4C(=O)NC)n3)ccc2C1. The minimum absolute atomic E-state index is 0.0541. The molecule has 0 radical (unpaired) electrons. The molecule has 2 heterocycles. The summed E-state index contributed by atoms with van der Waals surface area (Å²) in [6, 6.07) is 9.75. The number of fused-ring (bicyclic) bond motifs is 1. The molecule has 1 aliphatic rings. The van der Waals surface area contributed by atoms with Crippen LogP contribution in [0, 0.1) is 5.82 Å². The van der Waals surface area contributed by atoms with E-state index < -0.39 is 11.7 Å². The highest BCUT2D eigenvalue weighted by Crippen LogP contribution is 2.30. The van der Waals surface area contributed by atoms with Crippen molar-refractivity contribution in [3.05, 3.63) is 64.6 Å². The Bertz CT molecular complexity index is 1250. The van der Waals surface area contributed by atoms with Crippen LogP contribution in [0.1, 0.15) is 22.8 Å². The van der Waals surface area contributed by atoms with Crippen LogP contribution in [-0.2, 0) is 11.3 Å². The van der Waals surface area contributed by atoms with Crippen LogP contribution in [0.2, 0.25) is 5.02 Å². The Hall–Kier alpha value is -3.76. The van der Waals surface area contributed by atoms with Crippen molar-refractivity contribution in [1.82, 2.24) is 20.2 Å². The van der Waals surface area contributed by atoms with Gasteiger partial charge in [0, 0.05) is 25.0 Å². The molecule has 0 fully saturated rings. The zero-order valence-corrected chi connectivity index (χ0v) is 19.3. The number of hydrogen-bond acceptors (Lipinski definition) is 7. The molecule has 34 heavy (non-hydrogen) atoms. The summed E-state index contributed by atoms with van der Waals surface area (Å²) < 4.78 is 14.5. The maximum atomic E-state index is 14.5. The molecule has 0 atom stereocenters. The number of anilines is 5. The van der Waals surface area contributed by atoms with Crippen molar-refractivity contribution >= 4 is 52.2 Å². The van der Waals surface area contributed by atoms with Gasteiger partial charge < -0.3 is 21.3 Å². The average Bonchev–Trinajstić information content (AvgIpc) is 2.99. The van der Waals surface area contributed by atoms with E-state index in [0.717, 1.165) is 12.1 Å². The number of para-hydroxylation sites is 1. The predicted molar refractivity (Wildman–Crippen MR) is 129 cm³/mol. The molecule has 1 aliphatic heterocycles. The summed E-state index contributed by atoms with van der Waals surface area (Å²) in [6.45, 7) is 3.77. The van der Waals surface area contributed by atoms with Gasteiger partial charge in [0.1, 0.15) is 10.8 Å². The molecule has 1 aromatic heterocycles. The third kappa shape index (κ3) is 5.08.